The van der Waals surface area contributed by atoms with Gasteiger partial charge in [-0.15, -0.1) is 0 Å². The molecule has 0 aliphatic heterocycles. The molecule has 2 rings (SSSR count). The van der Waals surface area contributed by atoms with E-state index >= 15 is 0 Å². The molecule has 2 nitrogen and oxygen atoms in total. The lowest BCUT2D eigenvalue weighted by Gasteiger charge is -2.29. The number of aliphatic hydroxyl groups is 1. The summed E-state index contributed by atoms with van der Waals surface area (Å²) < 4.78 is 26.6. The molecule has 0 amide bonds. The van der Waals surface area contributed by atoms with Crippen LogP contribution in [0.25, 0.3) is 0 Å². The highest BCUT2D eigenvalue weighted by atomic mass is 19.1. The molecule has 0 aromatic heterocycles. The van der Waals surface area contributed by atoms with Crippen LogP contribution in [0.4, 0.5) is 8.78 Å². The van der Waals surface area contributed by atoms with Crippen LogP contribution < -0.4 is 5.32 Å². The van der Waals surface area contributed by atoms with Crippen molar-refractivity contribution in [2.45, 2.75) is 65.2 Å². The van der Waals surface area contributed by atoms with Gasteiger partial charge >= 0.3 is 0 Å². The number of allylic oxidation sites excluding steroid dienone is 2. The normalized spacial score (nSPS) is 20.7. The molecule has 2 N–H and O–H groups in total. The third-order valence-corrected chi connectivity index (χ3v) is 4.69. The van der Waals surface area contributed by atoms with Gasteiger partial charge in [-0.25, -0.2) is 8.78 Å². The Kier molecular flexibility index (Phi) is 10.5. The van der Waals surface area contributed by atoms with Gasteiger partial charge in [0.25, 0.3) is 0 Å². The lowest BCUT2D eigenvalue weighted by atomic mass is 9.76. The molecule has 4 heteroatoms. The zero-order valence-corrected chi connectivity index (χ0v) is 16.7. The van der Waals surface area contributed by atoms with E-state index in [1.54, 1.807) is 0 Å². The van der Waals surface area contributed by atoms with E-state index in [1.807, 2.05) is 20.0 Å². The number of rotatable bonds is 6. The van der Waals surface area contributed by atoms with Crippen molar-refractivity contribution in [2.24, 2.45) is 11.8 Å². The molecule has 0 heterocycles. The Hall–Kier alpha value is -1.42. The fraction of sp³-hybridized carbons (Fsp3) is 0.636. The number of aliphatic hydroxyl groups excluding tert-OH is 1. The molecule has 0 spiro atoms. The summed E-state index contributed by atoms with van der Waals surface area (Å²) in [7, 11) is 1.97. The number of halogens is 2. The molecule has 2 unspecified atom stereocenters. The average molecular weight is 368 g/mol. The second-order valence-corrected chi connectivity index (χ2v) is 7.69. The second kappa shape index (κ2) is 12.1. The fourth-order valence-electron chi connectivity index (χ4n) is 3.61. The van der Waals surface area contributed by atoms with Crippen molar-refractivity contribution in [3.05, 3.63) is 47.2 Å². The first-order chi connectivity index (χ1) is 12.3. The first-order valence-electron chi connectivity index (χ1n) is 9.84. The molecule has 1 fully saturated rings. The predicted octanol–water partition coefficient (Wildman–Crippen LogP) is 6.34. The van der Waals surface area contributed by atoms with Crippen LogP contribution in [0.1, 0.15) is 70.8 Å². The zero-order valence-electron chi connectivity index (χ0n) is 16.7. The van der Waals surface area contributed by atoms with Crippen molar-refractivity contribution < 1.29 is 13.9 Å². The largest absolute Gasteiger partial charge is 0.513 e. The lowest BCUT2D eigenvalue weighted by molar-refractivity contribution is 0.276. The molecule has 26 heavy (non-hydrogen) atoms. The van der Waals surface area contributed by atoms with E-state index in [0.29, 0.717) is 18.1 Å². The number of nitrogens with one attached hydrogen (secondary N) is 1. The SMILES string of the molecule is CC/C=C(/O)CC1CCCC(c2cc(F)cc(F)c2)C1.CNCC(C)C. The highest BCUT2D eigenvalue weighted by Crippen LogP contribution is 2.38. The predicted molar refractivity (Wildman–Crippen MR) is 105 cm³/mol. The minimum absolute atomic E-state index is 0.202. The molecule has 1 aromatic carbocycles. The molecule has 1 aliphatic carbocycles. The Bertz CT molecular complexity index is 537. The van der Waals surface area contributed by atoms with E-state index in [0.717, 1.165) is 56.2 Å². The lowest BCUT2D eigenvalue weighted by Crippen LogP contribution is -2.15. The van der Waals surface area contributed by atoms with Gasteiger partial charge in [0.15, 0.2) is 0 Å². The maximum absolute atomic E-state index is 13.3. The van der Waals surface area contributed by atoms with Gasteiger partial charge in [0.2, 0.25) is 0 Å². The Morgan fingerprint density at radius 3 is 2.38 bits per heavy atom. The van der Waals surface area contributed by atoms with Crippen LogP contribution in [0.5, 0.6) is 0 Å². The third kappa shape index (κ3) is 8.79. The van der Waals surface area contributed by atoms with Crippen LogP contribution in [0.15, 0.2) is 30.0 Å². The zero-order chi connectivity index (χ0) is 19.5. The number of hydrogen-bond acceptors (Lipinski definition) is 2. The third-order valence-electron chi connectivity index (χ3n) is 4.69. The van der Waals surface area contributed by atoms with Crippen molar-refractivity contribution in [3.8, 4) is 0 Å². The second-order valence-electron chi connectivity index (χ2n) is 7.69. The average Bonchev–Trinajstić information content (AvgIpc) is 2.55. The van der Waals surface area contributed by atoms with Gasteiger partial charge in [-0.3, -0.25) is 0 Å². The van der Waals surface area contributed by atoms with Crippen molar-refractivity contribution in [1.82, 2.24) is 5.32 Å². The maximum Gasteiger partial charge on any atom is 0.126 e. The Morgan fingerprint density at radius 1 is 1.23 bits per heavy atom. The molecule has 0 radical (unpaired) electrons. The highest BCUT2D eigenvalue weighted by molar-refractivity contribution is 5.22. The molecule has 0 saturated heterocycles. The minimum Gasteiger partial charge on any atom is -0.513 e. The summed E-state index contributed by atoms with van der Waals surface area (Å²) in [6, 6.07) is 3.80. The van der Waals surface area contributed by atoms with Crippen LogP contribution in [0, 0.1) is 23.5 Å². The van der Waals surface area contributed by atoms with Crippen LogP contribution in [-0.4, -0.2) is 18.7 Å². The quantitative estimate of drug-likeness (QED) is 0.575. The van der Waals surface area contributed by atoms with Gasteiger partial charge in [0, 0.05) is 12.5 Å². The van der Waals surface area contributed by atoms with Gasteiger partial charge < -0.3 is 10.4 Å². The first-order valence-corrected chi connectivity index (χ1v) is 9.84. The molecule has 1 aromatic rings. The summed E-state index contributed by atoms with van der Waals surface area (Å²) in [6.45, 7) is 7.50. The van der Waals surface area contributed by atoms with Gasteiger partial charge in [-0.05, 0) is 80.8 Å². The van der Waals surface area contributed by atoms with Crippen molar-refractivity contribution in [3.63, 3.8) is 0 Å². The summed E-state index contributed by atoms with van der Waals surface area (Å²) >= 11 is 0. The monoisotopic (exact) mass is 367 g/mol. The number of hydrogen-bond donors (Lipinski definition) is 2. The van der Waals surface area contributed by atoms with Crippen molar-refractivity contribution in [2.75, 3.05) is 13.6 Å². The van der Waals surface area contributed by atoms with Gasteiger partial charge in [0.1, 0.15) is 11.6 Å². The molecular weight excluding hydrogens is 332 g/mol. The molecule has 1 aliphatic rings. The first kappa shape index (κ1) is 22.6. The van der Waals surface area contributed by atoms with Gasteiger partial charge in [0.05, 0.1) is 5.76 Å². The van der Waals surface area contributed by atoms with Crippen molar-refractivity contribution in [1.29, 1.82) is 0 Å². The minimum atomic E-state index is -0.504. The van der Waals surface area contributed by atoms with Crippen LogP contribution in [0.3, 0.4) is 0 Å². The molecule has 0 bridgehead atoms. The Labute approximate surface area is 157 Å². The summed E-state index contributed by atoms with van der Waals surface area (Å²) in [5.41, 5.74) is 0.756. The topological polar surface area (TPSA) is 32.3 Å². The summed E-state index contributed by atoms with van der Waals surface area (Å²) in [5.74, 6) is 0.835. The van der Waals surface area contributed by atoms with E-state index in [1.165, 1.54) is 12.1 Å². The van der Waals surface area contributed by atoms with E-state index < -0.39 is 11.6 Å². The Balaban J connectivity index is 0.000000487. The van der Waals surface area contributed by atoms with E-state index in [4.69, 9.17) is 0 Å². The van der Waals surface area contributed by atoms with Crippen LogP contribution in [-0.2, 0) is 0 Å². The molecular formula is C22H35F2NO. The van der Waals surface area contributed by atoms with Crippen LogP contribution in [0.2, 0.25) is 0 Å². The fourth-order valence-corrected chi connectivity index (χ4v) is 3.61. The van der Waals surface area contributed by atoms with Crippen LogP contribution >= 0.6 is 0 Å². The Morgan fingerprint density at radius 2 is 1.88 bits per heavy atom. The molecule has 1 saturated carbocycles. The summed E-state index contributed by atoms with van der Waals surface area (Å²) in [6.07, 6.45) is 7.34. The van der Waals surface area contributed by atoms with E-state index in [9.17, 15) is 13.9 Å². The standard InChI is InChI=1S/C17H22F2O.C5H13N/c1-2-4-17(20)8-12-5-3-6-13(7-12)14-9-15(18)11-16(19)10-14;1-5(2)4-6-3/h4,9-13,20H,2-3,5-8H2,1H3;5-6H,4H2,1-3H3/b17-4+;. The van der Waals surface area contributed by atoms with Crippen molar-refractivity contribution >= 4 is 0 Å². The number of benzene rings is 1. The smallest absolute Gasteiger partial charge is 0.126 e. The summed E-state index contributed by atoms with van der Waals surface area (Å²) in [5, 5.41) is 12.9. The van der Waals surface area contributed by atoms with E-state index in [-0.39, 0.29) is 5.92 Å². The highest BCUT2D eigenvalue weighted by Gasteiger charge is 2.24. The van der Waals surface area contributed by atoms with Gasteiger partial charge in [-0.2, -0.15) is 0 Å². The van der Waals surface area contributed by atoms with E-state index in [2.05, 4.69) is 19.2 Å². The van der Waals surface area contributed by atoms with Gasteiger partial charge in [-0.1, -0.05) is 27.2 Å². The maximum atomic E-state index is 13.3. The molecule has 2 atom stereocenters. The summed E-state index contributed by atoms with van der Waals surface area (Å²) in [4.78, 5) is 0. The molecule has 148 valence electrons.